The van der Waals surface area contributed by atoms with Crippen LogP contribution in [0, 0.1) is 0 Å². The molecule has 0 aliphatic carbocycles. The van der Waals surface area contributed by atoms with E-state index in [1.165, 1.54) is 10.9 Å². The van der Waals surface area contributed by atoms with Crippen molar-refractivity contribution in [2.75, 3.05) is 13.1 Å². The Labute approximate surface area is 113 Å². The number of carbonyl (C=O) groups excluding carboxylic acids is 1. The van der Waals surface area contributed by atoms with Gasteiger partial charge in [0.05, 0.1) is 0 Å². The second-order valence-electron chi connectivity index (χ2n) is 4.71. The Kier molecular flexibility index (Phi) is 4.58. The van der Waals surface area contributed by atoms with Gasteiger partial charge in [0, 0.05) is 30.1 Å². The van der Waals surface area contributed by atoms with E-state index in [9.17, 15) is 4.79 Å². The van der Waals surface area contributed by atoms with Crippen LogP contribution in [0.25, 0.3) is 10.9 Å². The van der Waals surface area contributed by atoms with E-state index in [4.69, 9.17) is 5.73 Å². The highest BCUT2D eigenvalue weighted by Gasteiger charge is 2.15. The minimum Gasteiger partial charge on any atom is -0.361 e. The summed E-state index contributed by atoms with van der Waals surface area (Å²) in [6.07, 6.45) is 3.32. The van der Waals surface area contributed by atoms with Crippen LogP contribution >= 0.6 is 0 Å². The normalized spacial score (nSPS) is 12.5. The molecule has 102 valence electrons. The summed E-state index contributed by atoms with van der Waals surface area (Å²) in [5, 5.41) is 4.02. The minimum atomic E-state index is 0.0980. The highest BCUT2D eigenvalue weighted by Crippen LogP contribution is 2.27. The largest absolute Gasteiger partial charge is 0.361 e. The highest BCUT2D eigenvalue weighted by atomic mass is 16.1. The van der Waals surface area contributed by atoms with Crippen LogP contribution in [0.4, 0.5) is 0 Å². The fourth-order valence-electron chi connectivity index (χ4n) is 2.42. The molecule has 1 heterocycles. The molecule has 1 aromatic carbocycles. The second kappa shape index (κ2) is 6.38. The highest BCUT2D eigenvalue weighted by molar-refractivity contribution is 5.83. The number of fused-ring (bicyclic) bond motifs is 1. The Hall–Kier alpha value is -1.81. The minimum absolute atomic E-state index is 0.0980. The maximum absolute atomic E-state index is 11.5. The molecule has 0 radical (unpaired) electrons. The van der Waals surface area contributed by atoms with Crippen LogP contribution in [-0.2, 0) is 4.79 Å². The topological polar surface area (TPSA) is 70.9 Å². The van der Waals surface area contributed by atoms with Gasteiger partial charge in [-0.3, -0.25) is 4.79 Å². The maximum Gasteiger partial charge on any atom is 0.220 e. The summed E-state index contributed by atoms with van der Waals surface area (Å²) in [5.41, 5.74) is 8.20. The number of rotatable bonds is 6. The molecule has 1 atom stereocenters. The zero-order chi connectivity index (χ0) is 13.7. The van der Waals surface area contributed by atoms with Crippen molar-refractivity contribution in [1.29, 1.82) is 0 Å². The summed E-state index contributed by atoms with van der Waals surface area (Å²) in [6, 6.07) is 8.18. The number of para-hydroxylation sites is 1. The van der Waals surface area contributed by atoms with Crippen molar-refractivity contribution < 1.29 is 4.79 Å². The summed E-state index contributed by atoms with van der Waals surface area (Å²) in [6.45, 7) is 3.17. The Bertz CT molecular complexity index is 547. The van der Waals surface area contributed by atoms with E-state index < -0.39 is 0 Å². The number of aromatic nitrogens is 1. The summed E-state index contributed by atoms with van der Waals surface area (Å²) in [7, 11) is 0. The second-order valence-corrected chi connectivity index (χ2v) is 4.71. The average Bonchev–Trinajstić information content (AvgIpc) is 2.84. The van der Waals surface area contributed by atoms with Gasteiger partial charge < -0.3 is 16.0 Å². The Morgan fingerprint density at radius 3 is 2.95 bits per heavy atom. The molecular weight excluding hydrogens is 238 g/mol. The van der Waals surface area contributed by atoms with Gasteiger partial charge in [0.15, 0.2) is 0 Å². The first kappa shape index (κ1) is 13.6. The molecule has 0 fully saturated rings. The molecule has 1 aromatic heterocycles. The van der Waals surface area contributed by atoms with Crippen molar-refractivity contribution in [3.8, 4) is 0 Å². The molecule has 4 heteroatoms. The van der Waals surface area contributed by atoms with Crippen LogP contribution in [0.2, 0.25) is 0 Å². The van der Waals surface area contributed by atoms with Gasteiger partial charge >= 0.3 is 0 Å². The molecule has 2 rings (SSSR count). The number of benzene rings is 1. The van der Waals surface area contributed by atoms with Crippen molar-refractivity contribution >= 4 is 16.8 Å². The van der Waals surface area contributed by atoms with Crippen LogP contribution in [0.15, 0.2) is 30.5 Å². The number of nitrogens with one attached hydrogen (secondary N) is 2. The number of aromatic amines is 1. The molecule has 0 spiro atoms. The van der Waals surface area contributed by atoms with Gasteiger partial charge in [-0.1, -0.05) is 18.2 Å². The van der Waals surface area contributed by atoms with E-state index in [2.05, 4.69) is 22.4 Å². The number of carbonyl (C=O) groups is 1. The molecule has 4 N–H and O–H groups in total. The maximum atomic E-state index is 11.5. The first-order valence-corrected chi connectivity index (χ1v) is 6.79. The Morgan fingerprint density at radius 1 is 1.42 bits per heavy atom. The number of H-pyrrole nitrogens is 1. The Morgan fingerprint density at radius 2 is 2.21 bits per heavy atom. The van der Waals surface area contributed by atoms with Crippen molar-refractivity contribution in [1.82, 2.24) is 10.3 Å². The van der Waals surface area contributed by atoms with Crippen molar-refractivity contribution in [3.63, 3.8) is 0 Å². The molecule has 19 heavy (non-hydrogen) atoms. The van der Waals surface area contributed by atoms with E-state index in [0.29, 0.717) is 19.5 Å². The predicted molar refractivity (Wildman–Crippen MR) is 78.0 cm³/mol. The summed E-state index contributed by atoms with van der Waals surface area (Å²) in [5.74, 6) is 0.319. The lowest BCUT2D eigenvalue weighted by molar-refractivity contribution is -0.121. The molecule has 2 aromatic rings. The summed E-state index contributed by atoms with van der Waals surface area (Å²) in [4.78, 5) is 14.8. The summed E-state index contributed by atoms with van der Waals surface area (Å²) >= 11 is 0. The van der Waals surface area contributed by atoms with Gasteiger partial charge in [-0.25, -0.2) is 0 Å². The quantitative estimate of drug-likeness (QED) is 0.743. The number of nitrogens with two attached hydrogens (primary N) is 1. The Balaban J connectivity index is 2.11. The molecule has 0 aliphatic heterocycles. The van der Waals surface area contributed by atoms with E-state index in [1.807, 2.05) is 25.3 Å². The molecule has 4 nitrogen and oxygen atoms in total. The number of hydrogen-bond donors (Lipinski definition) is 3. The molecular formula is C15H21N3O. The SMILES string of the molecule is CCNC(=O)CCC(CN)c1c[nH]c2ccccc12. The van der Waals surface area contributed by atoms with Gasteiger partial charge in [0.1, 0.15) is 0 Å². The molecule has 0 aliphatic rings. The lowest BCUT2D eigenvalue weighted by Crippen LogP contribution is -2.24. The van der Waals surface area contributed by atoms with Crippen LogP contribution in [-0.4, -0.2) is 24.0 Å². The third-order valence-electron chi connectivity index (χ3n) is 3.44. The van der Waals surface area contributed by atoms with Crippen LogP contribution < -0.4 is 11.1 Å². The third kappa shape index (κ3) is 3.15. The number of hydrogen-bond acceptors (Lipinski definition) is 2. The molecule has 0 saturated heterocycles. The first-order valence-electron chi connectivity index (χ1n) is 6.79. The zero-order valence-corrected chi connectivity index (χ0v) is 11.3. The third-order valence-corrected chi connectivity index (χ3v) is 3.44. The van der Waals surface area contributed by atoms with Gasteiger partial charge in [-0.05, 0) is 37.4 Å². The van der Waals surface area contributed by atoms with Crippen LogP contribution in [0.5, 0.6) is 0 Å². The first-order chi connectivity index (χ1) is 9.26. The van der Waals surface area contributed by atoms with E-state index in [1.54, 1.807) is 0 Å². The van der Waals surface area contributed by atoms with E-state index in [-0.39, 0.29) is 11.8 Å². The fourth-order valence-corrected chi connectivity index (χ4v) is 2.42. The van der Waals surface area contributed by atoms with Gasteiger partial charge in [0.25, 0.3) is 0 Å². The van der Waals surface area contributed by atoms with E-state index in [0.717, 1.165) is 11.9 Å². The standard InChI is InChI=1S/C15H21N3O/c1-2-17-15(19)8-7-11(9-16)13-10-18-14-6-4-3-5-12(13)14/h3-6,10-11,18H,2,7-9,16H2,1H3,(H,17,19). The fraction of sp³-hybridized carbons (Fsp3) is 0.400. The smallest absolute Gasteiger partial charge is 0.220 e. The van der Waals surface area contributed by atoms with Gasteiger partial charge in [-0.2, -0.15) is 0 Å². The molecule has 0 saturated carbocycles. The molecule has 1 unspecified atom stereocenters. The average molecular weight is 259 g/mol. The molecule has 0 bridgehead atoms. The summed E-state index contributed by atoms with van der Waals surface area (Å²) < 4.78 is 0. The van der Waals surface area contributed by atoms with Crippen LogP contribution in [0.3, 0.4) is 0 Å². The predicted octanol–water partition coefficient (Wildman–Crippen LogP) is 2.13. The molecule has 1 amide bonds. The lowest BCUT2D eigenvalue weighted by atomic mass is 9.94. The van der Waals surface area contributed by atoms with Crippen molar-refractivity contribution in [2.45, 2.75) is 25.7 Å². The van der Waals surface area contributed by atoms with Crippen molar-refractivity contribution in [2.24, 2.45) is 5.73 Å². The van der Waals surface area contributed by atoms with Gasteiger partial charge in [-0.15, -0.1) is 0 Å². The lowest BCUT2D eigenvalue weighted by Gasteiger charge is -2.13. The number of amides is 1. The van der Waals surface area contributed by atoms with Crippen LogP contribution in [0.1, 0.15) is 31.2 Å². The van der Waals surface area contributed by atoms with E-state index >= 15 is 0 Å². The monoisotopic (exact) mass is 259 g/mol. The van der Waals surface area contributed by atoms with Gasteiger partial charge in [0.2, 0.25) is 5.91 Å². The van der Waals surface area contributed by atoms with Crippen molar-refractivity contribution in [3.05, 3.63) is 36.0 Å². The zero-order valence-electron chi connectivity index (χ0n) is 11.3.